The van der Waals surface area contributed by atoms with E-state index in [9.17, 15) is 31.1 Å². The zero-order valence-corrected chi connectivity index (χ0v) is 11.8. The summed E-state index contributed by atoms with van der Waals surface area (Å²) in [7, 11) is 0. The third-order valence-corrected chi connectivity index (χ3v) is 3.64. The SMILES string of the molecule is O=C(Nc1ccc(C(F)(F)F)cc1)N1CCC[C@@H](C(F)(F)F)C1. The number of alkyl halides is 6. The maximum Gasteiger partial charge on any atom is 0.416 e. The van der Waals surface area contributed by atoms with Gasteiger partial charge >= 0.3 is 18.4 Å². The lowest BCUT2D eigenvalue weighted by atomic mass is 9.98. The van der Waals surface area contributed by atoms with Crippen molar-refractivity contribution in [3.63, 3.8) is 0 Å². The van der Waals surface area contributed by atoms with Crippen LogP contribution in [0.5, 0.6) is 0 Å². The lowest BCUT2D eigenvalue weighted by Gasteiger charge is -2.33. The molecule has 1 heterocycles. The summed E-state index contributed by atoms with van der Waals surface area (Å²) in [5.41, 5.74) is -0.775. The fraction of sp³-hybridized carbons (Fsp3) is 0.500. The number of carbonyl (C=O) groups is 1. The van der Waals surface area contributed by atoms with E-state index in [-0.39, 0.29) is 25.1 Å². The van der Waals surface area contributed by atoms with Crippen LogP contribution in [0.15, 0.2) is 24.3 Å². The second kappa shape index (κ2) is 6.29. The van der Waals surface area contributed by atoms with Crippen LogP contribution in [0.3, 0.4) is 0 Å². The van der Waals surface area contributed by atoms with Gasteiger partial charge in [-0.25, -0.2) is 4.79 Å². The second-order valence-corrected chi connectivity index (χ2v) is 5.33. The molecule has 0 aliphatic carbocycles. The monoisotopic (exact) mass is 340 g/mol. The van der Waals surface area contributed by atoms with Crippen LogP contribution in [0, 0.1) is 5.92 Å². The number of hydrogen-bond donors (Lipinski definition) is 1. The van der Waals surface area contributed by atoms with Gasteiger partial charge in [-0.1, -0.05) is 0 Å². The van der Waals surface area contributed by atoms with E-state index in [4.69, 9.17) is 0 Å². The minimum atomic E-state index is -4.49. The molecular formula is C14H14F6N2O. The van der Waals surface area contributed by atoms with E-state index in [0.717, 1.165) is 29.2 Å². The zero-order chi connectivity index (χ0) is 17.3. The molecule has 0 spiro atoms. The molecular weight excluding hydrogens is 326 g/mol. The van der Waals surface area contributed by atoms with Gasteiger partial charge in [0.15, 0.2) is 0 Å². The summed E-state index contributed by atoms with van der Waals surface area (Å²) in [5, 5.41) is 2.31. The summed E-state index contributed by atoms with van der Waals surface area (Å²) in [6, 6.07) is 2.96. The predicted molar refractivity (Wildman–Crippen MR) is 70.8 cm³/mol. The van der Waals surface area contributed by atoms with Crippen molar-refractivity contribution in [1.29, 1.82) is 0 Å². The third kappa shape index (κ3) is 4.52. The van der Waals surface area contributed by atoms with E-state index >= 15 is 0 Å². The number of nitrogens with one attached hydrogen (secondary N) is 1. The first kappa shape index (κ1) is 17.4. The van der Waals surface area contributed by atoms with Crippen molar-refractivity contribution in [3.8, 4) is 0 Å². The number of nitrogens with zero attached hydrogens (tertiary/aromatic N) is 1. The molecule has 3 nitrogen and oxygen atoms in total. The Morgan fingerprint density at radius 2 is 1.70 bits per heavy atom. The Morgan fingerprint density at radius 1 is 1.09 bits per heavy atom. The molecule has 0 radical (unpaired) electrons. The van der Waals surface area contributed by atoms with Gasteiger partial charge in [0, 0.05) is 18.8 Å². The third-order valence-electron chi connectivity index (χ3n) is 3.64. The highest BCUT2D eigenvalue weighted by molar-refractivity contribution is 5.89. The molecule has 0 unspecified atom stereocenters. The summed E-state index contributed by atoms with van der Waals surface area (Å²) in [5.74, 6) is -1.57. The number of carbonyl (C=O) groups excluding carboxylic acids is 1. The molecule has 1 aliphatic rings. The van der Waals surface area contributed by atoms with Gasteiger partial charge in [-0.05, 0) is 37.1 Å². The van der Waals surface area contributed by atoms with Gasteiger partial charge in [0.2, 0.25) is 0 Å². The van der Waals surface area contributed by atoms with Crippen molar-refractivity contribution >= 4 is 11.7 Å². The van der Waals surface area contributed by atoms with Gasteiger partial charge in [0.05, 0.1) is 11.5 Å². The second-order valence-electron chi connectivity index (χ2n) is 5.33. The summed E-state index contributed by atoms with van der Waals surface area (Å²) in [6.07, 6.45) is -8.67. The van der Waals surface area contributed by atoms with Gasteiger partial charge in [-0.3, -0.25) is 0 Å². The zero-order valence-electron chi connectivity index (χ0n) is 11.8. The molecule has 1 aromatic rings. The van der Waals surface area contributed by atoms with Crippen molar-refractivity contribution in [2.24, 2.45) is 5.92 Å². The number of halogens is 6. The summed E-state index contributed by atoms with van der Waals surface area (Å²) < 4.78 is 75.4. The van der Waals surface area contributed by atoms with Crippen LogP contribution in [-0.4, -0.2) is 30.2 Å². The Balaban J connectivity index is 1.99. The molecule has 1 atom stereocenters. The maximum absolute atomic E-state index is 12.7. The normalized spacial score (nSPS) is 19.6. The number of hydrogen-bond acceptors (Lipinski definition) is 1. The van der Waals surface area contributed by atoms with Crippen LogP contribution in [0.25, 0.3) is 0 Å². The minimum Gasteiger partial charge on any atom is -0.324 e. The fourth-order valence-corrected chi connectivity index (χ4v) is 2.37. The molecule has 1 aliphatic heterocycles. The van der Waals surface area contributed by atoms with E-state index in [0.29, 0.717) is 0 Å². The lowest BCUT2D eigenvalue weighted by molar-refractivity contribution is -0.183. The van der Waals surface area contributed by atoms with Crippen LogP contribution >= 0.6 is 0 Å². The number of likely N-dealkylation sites (tertiary alicyclic amines) is 1. The van der Waals surface area contributed by atoms with Crippen molar-refractivity contribution < 1.29 is 31.1 Å². The van der Waals surface area contributed by atoms with E-state index in [2.05, 4.69) is 5.32 Å². The molecule has 2 rings (SSSR count). The highest BCUT2D eigenvalue weighted by atomic mass is 19.4. The molecule has 0 bridgehead atoms. The van der Waals surface area contributed by atoms with Crippen LogP contribution in [-0.2, 0) is 6.18 Å². The Hall–Kier alpha value is -1.93. The Bertz CT molecular complexity index is 552. The fourth-order valence-electron chi connectivity index (χ4n) is 2.37. The van der Waals surface area contributed by atoms with Crippen LogP contribution < -0.4 is 5.32 Å². The van der Waals surface area contributed by atoms with Crippen LogP contribution in [0.4, 0.5) is 36.8 Å². The number of amides is 2. The molecule has 1 aromatic carbocycles. The molecule has 0 saturated carbocycles. The van der Waals surface area contributed by atoms with Gasteiger partial charge in [-0.2, -0.15) is 26.3 Å². The molecule has 2 amide bonds. The van der Waals surface area contributed by atoms with Gasteiger partial charge in [0.25, 0.3) is 0 Å². The molecule has 23 heavy (non-hydrogen) atoms. The summed E-state index contributed by atoms with van der Waals surface area (Å²) in [4.78, 5) is 13.0. The minimum absolute atomic E-state index is 0.0342. The predicted octanol–water partition coefficient (Wildman–Crippen LogP) is 4.51. The number of anilines is 1. The first-order valence-corrected chi connectivity index (χ1v) is 6.87. The van der Waals surface area contributed by atoms with Crippen molar-refractivity contribution in [2.75, 3.05) is 18.4 Å². The summed E-state index contributed by atoms with van der Waals surface area (Å²) >= 11 is 0. The Kier molecular flexibility index (Phi) is 4.76. The van der Waals surface area contributed by atoms with E-state index in [1.807, 2.05) is 0 Å². The van der Waals surface area contributed by atoms with Gasteiger partial charge < -0.3 is 10.2 Å². The largest absolute Gasteiger partial charge is 0.416 e. The number of benzene rings is 1. The molecule has 0 aromatic heterocycles. The van der Waals surface area contributed by atoms with E-state index in [1.165, 1.54) is 0 Å². The van der Waals surface area contributed by atoms with Gasteiger partial charge in [-0.15, -0.1) is 0 Å². The van der Waals surface area contributed by atoms with Crippen molar-refractivity contribution in [1.82, 2.24) is 4.90 Å². The lowest BCUT2D eigenvalue weighted by Crippen LogP contribution is -2.46. The summed E-state index contributed by atoms with van der Waals surface area (Å²) in [6.45, 7) is -0.269. The standard InChI is InChI=1S/C14H14F6N2O/c15-13(16,17)9-3-5-11(6-4-9)21-12(23)22-7-1-2-10(8-22)14(18,19)20/h3-6,10H,1-2,7-8H2,(H,21,23)/t10-/m1/s1. The first-order valence-electron chi connectivity index (χ1n) is 6.87. The van der Waals surface area contributed by atoms with Crippen molar-refractivity contribution in [3.05, 3.63) is 29.8 Å². The molecule has 128 valence electrons. The molecule has 1 saturated heterocycles. The highest BCUT2D eigenvalue weighted by Gasteiger charge is 2.42. The molecule has 1 N–H and O–H groups in total. The number of urea groups is 1. The molecule has 1 fully saturated rings. The smallest absolute Gasteiger partial charge is 0.324 e. The Labute approximate surface area is 128 Å². The van der Waals surface area contributed by atoms with E-state index in [1.54, 1.807) is 0 Å². The quantitative estimate of drug-likeness (QED) is 0.750. The van der Waals surface area contributed by atoms with Gasteiger partial charge in [0.1, 0.15) is 0 Å². The van der Waals surface area contributed by atoms with Crippen molar-refractivity contribution in [2.45, 2.75) is 25.2 Å². The highest BCUT2D eigenvalue weighted by Crippen LogP contribution is 2.33. The average molecular weight is 340 g/mol. The topological polar surface area (TPSA) is 32.3 Å². The number of piperidine rings is 1. The molecule has 9 heteroatoms. The van der Waals surface area contributed by atoms with E-state index < -0.39 is 36.4 Å². The first-order chi connectivity index (χ1) is 10.6. The maximum atomic E-state index is 12.7. The Morgan fingerprint density at radius 3 is 2.22 bits per heavy atom. The average Bonchev–Trinajstić information content (AvgIpc) is 2.46. The van der Waals surface area contributed by atoms with Crippen LogP contribution in [0.2, 0.25) is 0 Å². The van der Waals surface area contributed by atoms with Crippen LogP contribution in [0.1, 0.15) is 18.4 Å². The number of rotatable bonds is 1.